The second-order valence-corrected chi connectivity index (χ2v) is 6.51. The molecule has 0 spiro atoms. The minimum absolute atomic E-state index is 0.0880. The molecule has 0 aromatic heterocycles. The molecule has 0 saturated carbocycles. The zero-order valence-electron chi connectivity index (χ0n) is 12.7. The number of hydrogen-bond acceptors (Lipinski definition) is 2. The van der Waals surface area contributed by atoms with Crippen molar-refractivity contribution in [2.45, 2.75) is 53.2 Å². The summed E-state index contributed by atoms with van der Waals surface area (Å²) in [6.45, 7) is 12.0. The molecule has 1 aromatic carbocycles. The van der Waals surface area contributed by atoms with E-state index in [0.717, 1.165) is 18.7 Å². The molecule has 2 nitrogen and oxygen atoms in total. The Morgan fingerprint density at radius 1 is 1.32 bits per heavy atom. The smallest absolute Gasteiger partial charge is 0.121 e. The van der Waals surface area contributed by atoms with Crippen LogP contribution in [0.2, 0.25) is 5.02 Å². The van der Waals surface area contributed by atoms with Crippen LogP contribution in [0.1, 0.15) is 41.0 Å². The molecule has 0 fully saturated rings. The Labute approximate surface area is 122 Å². The van der Waals surface area contributed by atoms with Gasteiger partial charge in [-0.1, -0.05) is 45.4 Å². The second kappa shape index (κ2) is 7.16. The largest absolute Gasteiger partial charge is 0.489 e. The molecule has 1 rings (SSSR count). The van der Waals surface area contributed by atoms with Crippen molar-refractivity contribution in [2.75, 3.05) is 6.54 Å². The first kappa shape index (κ1) is 16.3. The molecular weight excluding hydrogens is 258 g/mol. The van der Waals surface area contributed by atoms with Gasteiger partial charge in [-0.3, -0.25) is 0 Å². The molecular formula is C16H26ClNO. The van der Waals surface area contributed by atoms with Crippen LogP contribution < -0.4 is 10.1 Å². The minimum Gasteiger partial charge on any atom is -0.489 e. The van der Waals surface area contributed by atoms with Gasteiger partial charge in [-0.25, -0.2) is 0 Å². The van der Waals surface area contributed by atoms with Crippen molar-refractivity contribution in [1.82, 2.24) is 5.32 Å². The topological polar surface area (TPSA) is 21.3 Å². The average Bonchev–Trinajstić information content (AvgIpc) is 2.27. The monoisotopic (exact) mass is 283 g/mol. The number of rotatable bonds is 6. The molecule has 0 aliphatic heterocycles. The summed E-state index contributed by atoms with van der Waals surface area (Å²) in [6.07, 6.45) is 1.21. The van der Waals surface area contributed by atoms with Crippen molar-refractivity contribution in [2.24, 2.45) is 5.41 Å². The SMILES string of the molecule is CCCNC(C(C)Oc1cccc(Cl)c1)C(C)(C)C. The maximum atomic E-state index is 6.03. The van der Waals surface area contributed by atoms with Crippen LogP contribution in [0.3, 0.4) is 0 Å². The highest BCUT2D eigenvalue weighted by atomic mass is 35.5. The van der Waals surface area contributed by atoms with E-state index in [9.17, 15) is 0 Å². The molecule has 0 aliphatic carbocycles. The van der Waals surface area contributed by atoms with Gasteiger partial charge in [0, 0.05) is 11.1 Å². The molecule has 0 radical (unpaired) electrons. The van der Waals surface area contributed by atoms with Gasteiger partial charge in [-0.2, -0.15) is 0 Å². The number of hydrogen-bond donors (Lipinski definition) is 1. The third-order valence-corrected chi connectivity index (χ3v) is 3.37. The van der Waals surface area contributed by atoms with Crippen LogP contribution in [0, 0.1) is 5.41 Å². The van der Waals surface area contributed by atoms with Gasteiger partial charge in [-0.05, 0) is 43.5 Å². The molecule has 0 bridgehead atoms. The van der Waals surface area contributed by atoms with Crippen molar-refractivity contribution in [3.05, 3.63) is 29.3 Å². The zero-order chi connectivity index (χ0) is 14.5. The molecule has 0 amide bonds. The zero-order valence-corrected chi connectivity index (χ0v) is 13.4. The van der Waals surface area contributed by atoms with Crippen molar-refractivity contribution < 1.29 is 4.74 Å². The Bertz CT molecular complexity index is 387. The molecule has 19 heavy (non-hydrogen) atoms. The predicted octanol–water partition coefficient (Wildman–Crippen LogP) is 4.52. The summed E-state index contributed by atoms with van der Waals surface area (Å²) in [4.78, 5) is 0. The van der Waals surface area contributed by atoms with E-state index in [2.05, 4.69) is 39.9 Å². The summed E-state index contributed by atoms with van der Waals surface area (Å²) in [7, 11) is 0. The summed E-state index contributed by atoms with van der Waals surface area (Å²) in [5.74, 6) is 0.826. The fraction of sp³-hybridized carbons (Fsp3) is 0.625. The van der Waals surface area contributed by atoms with Crippen LogP contribution in [-0.4, -0.2) is 18.7 Å². The number of benzene rings is 1. The molecule has 3 heteroatoms. The lowest BCUT2D eigenvalue weighted by atomic mass is 9.83. The summed E-state index contributed by atoms with van der Waals surface area (Å²) in [5, 5.41) is 4.29. The van der Waals surface area contributed by atoms with E-state index in [1.165, 1.54) is 0 Å². The van der Waals surface area contributed by atoms with Crippen molar-refractivity contribution in [3.63, 3.8) is 0 Å². The first-order valence-electron chi connectivity index (χ1n) is 7.00. The first-order valence-corrected chi connectivity index (χ1v) is 7.38. The summed E-state index contributed by atoms with van der Waals surface area (Å²) in [5.41, 5.74) is 0.146. The van der Waals surface area contributed by atoms with Crippen LogP contribution >= 0.6 is 11.6 Å². The van der Waals surface area contributed by atoms with E-state index < -0.39 is 0 Å². The normalized spacial score (nSPS) is 15.1. The number of nitrogens with one attached hydrogen (secondary N) is 1. The summed E-state index contributed by atoms with van der Waals surface area (Å²) < 4.78 is 6.03. The highest BCUT2D eigenvalue weighted by molar-refractivity contribution is 6.30. The average molecular weight is 284 g/mol. The van der Waals surface area contributed by atoms with E-state index in [1.807, 2.05) is 24.3 Å². The van der Waals surface area contributed by atoms with E-state index in [4.69, 9.17) is 16.3 Å². The summed E-state index contributed by atoms with van der Waals surface area (Å²) in [6, 6.07) is 7.87. The highest BCUT2D eigenvalue weighted by Gasteiger charge is 2.30. The van der Waals surface area contributed by atoms with Gasteiger partial charge in [-0.15, -0.1) is 0 Å². The predicted molar refractivity (Wildman–Crippen MR) is 83.1 cm³/mol. The Hall–Kier alpha value is -0.730. The fourth-order valence-electron chi connectivity index (χ4n) is 2.30. The van der Waals surface area contributed by atoms with Gasteiger partial charge in [0.1, 0.15) is 11.9 Å². The van der Waals surface area contributed by atoms with E-state index in [1.54, 1.807) is 0 Å². The molecule has 0 saturated heterocycles. The Morgan fingerprint density at radius 2 is 2.00 bits per heavy atom. The van der Waals surface area contributed by atoms with Gasteiger partial charge >= 0.3 is 0 Å². The Morgan fingerprint density at radius 3 is 2.53 bits per heavy atom. The fourth-order valence-corrected chi connectivity index (χ4v) is 2.48. The second-order valence-electron chi connectivity index (χ2n) is 6.08. The Balaban J connectivity index is 2.73. The molecule has 2 unspecified atom stereocenters. The Kier molecular flexibility index (Phi) is 6.15. The molecule has 0 aliphatic rings. The van der Waals surface area contributed by atoms with Crippen molar-refractivity contribution in [1.29, 1.82) is 0 Å². The van der Waals surface area contributed by atoms with Crippen LogP contribution in [0.4, 0.5) is 0 Å². The van der Waals surface area contributed by atoms with Crippen molar-refractivity contribution in [3.8, 4) is 5.75 Å². The maximum absolute atomic E-state index is 6.03. The highest BCUT2D eigenvalue weighted by Crippen LogP contribution is 2.26. The first-order chi connectivity index (χ1) is 8.84. The third-order valence-electron chi connectivity index (χ3n) is 3.13. The molecule has 108 valence electrons. The quantitative estimate of drug-likeness (QED) is 0.829. The molecule has 1 N–H and O–H groups in total. The molecule has 0 heterocycles. The lowest BCUT2D eigenvalue weighted by Gasteiger charge is -2.36. The van der Waals surface area contributed by atoms with Crippen molar-refractivity contribution >= 4 is 11.6 Å². The lowest BCUT2D eigenvalue weighted by Crippen LogP contribution is -2.50. The van der Waals surface area contributed by atoms with E-state index in [-0.39, 0.29) is 11.5 Å². The van der Waals surface area contributed by atoms with Gasteiger partial charge in [0.25, 0.3) is 0 Å². The lowest BCUT2D eigenvalue weighted by molar-refractivity contribution is 0.104. The maximum Gasteiger partial charge on any atom is 0.121 e. The summed E-state index contributed by atoms with van der Waals surface area (Å²) >= 11 is 5.99. The number of ether oxygens (including phenoxy) is 1. The van der Waals surface area contributed by atoms with Gasteiger partial charge in [0.2, 0.25) is 0 Å². The van der Waals surface area contributed by atoms with Crippen LogP contribution in [0.25, 0.3) is 0 Å². The van der Waals surface area contributed by atoms with Gasteiger partial charge in [0.15, 0.2) is 0 Å². The van der Waals surface area contributed by atoms with Crippen LogP contribution in [0.5, 0.6) is 5.75 Å². The molecule has 1 aromatic rings. The minimum atomic E-state index is 0.0880. The van der Waals surface area contributed by atoms with E-state index in [0.29, 0.717) is 11.1 Å². The van der Waals surface area contributed by atoms with Crippen LogP contribution in [-0.2, 0) is 0 Å². The van der Waals surface area contributed by atoms with Crippen LogP contribution in [0.15, 0.2) is 24.3 Å². The molecule has 2 atom stereocenters. The number of halogens is 1. The third kappa shape index (κ3) is 5.42. The van der Waals surface area contributed by atoms with Gasteiger partial charge in [0.05, 0.1) is 0 Å². The standard InChI is InChI=1S/C16H26ClNO/c1-6-10-18-15(16(3,4)5)12(2)19-14-9-7-8-13(17)11-14/h7-9,11-12,15,18H,6,10H2,1-5H3. The van der Waals surface area contributed by atoms with E-state index >= 15 is 0 Å². The van der Waals surface area contributed by atoms with Gasteiger partial charge < -0.3 is 10.1 Å².